The summed E-state index contributed by atoms with van der Waals surface area (Å²) in [4.78, 5) is 12.2. The second-order valence-corrected chi connectivity index (χ2v) is 5.92. The number of hydrogen-bond acceptors (Lipinski definition) is 2. The lowest BCUT2D eigenvalue weighted by molar-refractivity contribution is 0.0936. The quantitative estimate of drug-likeness (QED) is 0.704. The Morgan fingerprint density at radius 2 is 2.10 bits per heavy atom. The molecule has 0 heterocycles. The molecule has 0 aliphatic carbocycles. The molecule has 0 saturated carbocycles. The van der Waals surface area contributed by atoms with E-state index in [9.17, 15) is 4.79 Å². The summed E-state index contributed by atoms with van der Waals surface area (Å²) in [5, 5.41) is 3.04. The summed E-state index contributed by atoms with van der Waals surface area (Å²) in [6.45, 7) is 4.25. The lowest BCUT2D eigenvalue weighted by Crippen LogP contribution is -2.32. The van der Waals surface area contributed by atoms with E-state index in [2.05, 4.69) is 35.1 Å². The second kappa shape index (κ2) is 9.01. The predicted octanol–water partition coefficient (Wildman–Crippen LogP) is 4.55. The molecule has 1 aromatic carbocycles. The van der Waals surface area contributed by atoms with Crippen molar-refractivity contribution in [3.63, 3.8) is 0 Å². The van der Waals surface area contributed by atoms with Crippen LogP contribution >= 0.6 is 15.9 Å². The Hall–Kier alpha value is -1.03. The van der Waals surface area contributed by atoms with Crippen LogP contribution in [0.15, 0.2) is 22.7 Å². The summed E-state index contributed by atoms with van der Waals surface area (Å²) in [5.74, 6) is 0.632. The highest BCUT2D eigenvalue weighted by Gasteiger charge is 2.13. The highest BCUT2D eigenvalue weighted by molar-refractivity contribution is 9.10. The zero-order valence-electron chi connectivity index (χ0n) is 12.5. The molecule has 20 heavy (non-hydrogen) atoms. The number of carbonyl (C=O) groups is 1. The van der Waals surface area contributed by atoms with Crippen molar-refractivity contribution in [3.05, 3.63) is 28.2 Å². The molecule has 0 aliphatic heterocycles. The molecule has 4 heteroatoms. The number of hydrogen-bond donors (Lipinski definition) is 1. The van der Waals surface area contributed by atoms with E-state index in [1.165, 1.54) is 19.3 Å². The number of ether oxygens (including phenoxy) is 1. The number of carbonyl (C=O) groups excluding carboxylic acids is 1. The zero-order chi connectivity index (χ0) is 15.0. The van der Waals surface area contributed by atoms with Crippen molar-refractivity contribution in [2.75, 3.05) is 7.11 Å². The van der Waals surface area contributed by atoms with Gasteiger partial charge in [0, 0.05) is 10.5 Å². The first-order chi connectivity index (χ1) is 9.58. The Bertz CT molecular complexity index is 434. The maximum Gasteiger partial charge on any atom is 0.252 e. The predicted molar refractivity (Wildman–Crippen MR) is 86.4 cm³/mol. The average Bonchev–Trinajstić information content (AvgIpc) is 2.44. The molecule has 0 fully saturated rings. The van der Waals surface area contributed by atoms with Crippen molar-refractivity contribution in [1.82, 2.24) is 5.32 Å². The Morgan fingerprint density at radius 1 is 1.35 bits per heavy atom. The molecule has 0 saturated heterocycles. The second-order valence-electron chi connectivity index (χ2n) is 5.07. The molecule has 1 atom stereocenters. The van der Waals surface area contributed by atoms with Crippen LogP contribution in [0.5, 0.6) is 5.75 Å². The molecule has 0 bridgehead atoms. The fourth-order valence-corrected chi connectivity index (χ4v) is 2.48. The highest BCUT2D eigenvalue weighted by atomic mass is 79.9. The van der Waals surface area contributed by atoms with Gasteiger partial charge in [-0.15, -0.1) is 0 Å². The van der Waals surface area contributed by atoms with Crippen LogP contribution in [0.4, 0.5) is 0 Å². The lowest BCUT2D eigenvalue weighted by Gasteiger charge is -2.15. The summed E-state index contributed by atoms with van der Waals surface area (Å²) in [7, 11) is 1.60. The first-order valence-electron chi connectivity index (χ1n) is 7.22. The molecular weight excluding hydrogens is 318 g/mol. The largest absolute Gasteiger partial charge is 0.497 e. The number of rotatable bonds is 8. The van der Waals surface area contributed by atoms with Crippen LogP contribution in [-0.2, 0) is 0 Å². The molecule has 112 valence electrons. The molecular formula is C16H24BrNO2. The van der Waals surface area contributed by atoms with Gasteiger partial charge >= 0.3 is 0 Å². The Balaban J connectivity index is 2.53. The smallest absolute Gasteiger partial charge is 0.252 e. The molecule has 0 spiro atoms. The van der Waals surface area contributed by atoms with E-state index in [0.29, 0.717) is 11.3 Å². The zero-order valence-corrected chi connectivity index (χ0v) is 14.1. The van der Waals surface area contributed by atoms with Gasteiger partial charge in [0.2, 0.25) is 0 Å². The molecule has 0 aliphatic rings. The van der Waals surface area contributed by atoms with Gasteiger partial charge in [-0.1, -0.05) is 32.6 Å². The highest BCUT2D eigenvalue weighted by Crippen LogP contribution is 2.22. The average molecular weight is 342 g/mol. The molecule has 0 aromatic heterocycles. The monoisotopic (exact) mass is 341 g/mol. The van der Waals surface area contributed by atoms with E-state index in [4.69, 9.17) is 4.74 Å². The van der Waals surface area contributed by atoms with Gasteiger partial charge in [-0.3, -0.25) is 4.79 Å². The van der Waals surface area contributed by atoms with Crippen LogP contribution in [0.2, 0.25) is 0 Å². The number of halogens is 1. The fraction of sp³-hybridized carbons (Fsp3) is 0.562. The normalized spacial score (nSPS) is 12.0. The molecule has 1 amide bonds. The van der Waals surface area contributed by atoms with Crippen molar-refractivity contribution in [2.45, 2.75) is 52.0 Å². The van der Waals surface area contributed by atoms with Gasteiger partial charge in [0.25, 0.3) is 5.91 Å². The summed E-state index contributed by atoms with van der Waals surface area (Å²) in [6.07, 6.45) is 5.92. The van der Waals surface area contributed by atoms with E-state index in [1.807, 2.05) is 12.1 Å². The van der Waals surface area contributed by atoms with Crippen molar-refractivity contribution in [2.24, 2.45) is 0 Å². The Kier molecular flexibility index (Phi) is 7.67. The van der Waals surface area contributed by atoms with Crippen molar-refractivity contribution in [3.8, 4) is 5.75 Å². The standard InChI is InChI=1S/C16H24BrNO2/c1-4-5-6-7-8-12(2)18-16(19)14-11-13(20-3)9-10-15(14)17/h9-12H,4-8H2,1-3H3,(H,18,19). The van der Waals surface area contributed by atoms with Gasteiger partial charge in [-0.2, -0.15) is 0 Å². The maximum atomic E-state index is 12.2. The molecule has 0 radical (unpaired) electrons. The summed E-state index contributed by atoms with van der Waals surface area (Å²) >= 11 is 3.41. The first-order valence-corrected chi connectivity index (χ1v) is 8.02. The van der Waals surface area contributed by atoms with Crippen LogP contribution in [0.1, 0.15) is 56.3 Å². The maximum absolute atomic E-state index is 12.2. The molecule has 1 rings (SSSR count). The van der Waals surface area contributed by atoms with E-state index in [1.54, 1.807) is 13.2 Å². The van der Waals surface area contributed by atoms with Gasteiger partial charge < -0.3 is 10.1 Å². The van der Waals surface area contributed by atoms with E-state index in [0.717, 1.165) is 17.3 Å². The van der Waals surface area contributed by atoms with E-state index in [-0.39, 0.29) is 11.9 Å². The van der Waals surface area contributed by atoms with Crippen molar-refractivity contribution >= 4 is 21.8 Å². The van der Waals surface area contributed by atoms with Gasteiger partial charge in [0.15, 0.2) is 0 Å². The minimum absolute atomic E-state index is 0.0567. The van der Waals surface area contributed by atoms with Crippen molar-refractivity contribution in [1.29, 1.82) is 0 Å². The number of nitrogens with one attached hydrogen (secondary N) is 1. The van der Waals surface area contributed by atoms with Crippen LogP contribution in [-0.4, -0.2) is 19.1 Å². The van der Waals surface area contributed by atoms with Gasteiger partial charge in [-0.25, -0.2) is 0 Å². The topological polar surface area (TPSA) is 38.3 Å². The van der Waals surface area contributed by atoms with Crippen LogP contribution in [0.3, 0.4) is 0 Å². The molecule has 3 nitrogen and oxygen atoms in total. The van der Waals surface area contributed by atoms with E-state index < -0.39 is 0 Å². The SMILES string of the molecule is CCCCCCC(C)NC(=O)c1cc(OC)ccc1Br. The minimum Gasteiger partial charge on any atom is -0.497 e. The van der Waals surface area contributed by atoms with Crippen LogP contribution < -0.4 is 10.1 Å². The Morgan fingerprint density at radius 3 is 2.75 bits per heavy atom. The third-order valence-corrected chi connectivity index (χ3v) is 3.98. The first kappa shape index (κ1) is 17.0. The third-order valence-electron chi connectivity index (χ3n) is 3.29. The number of benzene rings is 1. The van der Waals surface area contributed by atoms with E-state index >= 15 is 0 Å². The van der Waals surface area contributed by atoms with Crippen LogP contribution in [0.25, 0.3) is 0 Å². The summed E-state index contributed by atoms with van der Waals surface area (Å²) in [5.41, 5.74) is 0.616. The minimum atomic E-state index is -0.0567. The van der Waals surface area contributed by atoms with Crippen molar-refractivity contribution < 1.29 is 9.53 Å². The molecule has 1 N–H and O–H groups in total. The van der Waals surface area contributed by atoms with Gasteiger partial charge in [0.05, 0.1) is 12.7 Å². The molecule has 1 unspecified atom stereocenters. The Labute approximate surface area is 130 Å². The summed E-state index contributed by atoms with van der Waals surface area (Å²) in [6, 6.07) is 5.61. The number of methoxy groups -OCH3 is 1. The summed E-state index contributed by atoms with van der Waals surface area (Å²) < 4.78 is 5.94. The number of amides is 1. The van der Waals surface area contributed by atoms with Gasteiger partial charge in [0.1, 0.15) is 5.75 Å². The van der Waals surface area contributed by atoms with Gasteiger partial charge in [-0.05, 0) is 47.5 Å². The number of unbranched alkanes of at least 4 members (excludes halogenated alkanes) is 3. The van der Waals surface area contributed by atoms with Crippen LogP contribution in [0, 0.1) is 0 Å². The third kappa shape index (κ3) is 5.53. The fourth-order valence-electron chi connectivity index (χ4n) is 2.06. The molecule has 1 aromatic rings. The lowest BCUT2D eigenvalue weighted by atomic mass is 10.1.